The summed E-state index contributed by atoms with van der Waals surface area (Å²) < 4.78 is 0. The van der Waals surface area contributed by atoms with Crippen LogP contribution in [0.3, 0.4) is 0 Å². The molecule has 1 amide bonds. The van der Waals surface area contributed by atoms with E-state index in [1.807, 2.05) is 24.3 Å². The number of nitrogens with one attached hydrogen (secondary N) is 1. The second kappa shape index (κ2) is 4.79. The zero-order valence-corrected chi connectivity index (χ0v) is 10.9. The molecule has 0 fully saturated rings. The van der Waals surface area contributed by atoms with Gasteiger partial charge < -0.3 is 5.32 Å². The molecule has 1 N–H and O–H groups in total. The van der Waals surface area contributed by atoms with Gasteiger partial charge in [-0.2, -0.15) is 0 Å². The maximum atomic E-state index is 11.1. The van der Waals surface area contributed by atoms with E-state index in [1.165, 1.54) is 5.56 Å². The van der Waals surface area contributed by atoms with Gasteiger partial charge in [-0.25, -0.2) is 0 Å². The van der Waals surface area contributed by atoms with E-state index in [4.69, 9.17) is 0 Å². The summed E-state index contributed by atoms with van der Waals surface area (Å²) >= 11 is 3.11. The highest BCUT2D eigenvalue weighted by atomic mass is 79.9. The van der Waals surface area contributed by atoms with Gasteiger partial charge in [-0.3, -0.25) is 4.79 Å². The molecule has 82 valence electrons. The molecule has 0 aliphatic heterocycles. The molecule has 0 bridgehead atoms. The Bertz CT molecular complexity index is 338. The van der Waals surface area contributed by atoms with Gasteiger partial charge in [0.15, 0.2) is 0 Å². The van der Waals surface area contributed by atoms with Gasteiger partial charge in [0.2, 0.25) is 5.91 Å². The highest BCUT2D eigenvalue weighted by Crippen LogP contribution is 2.23. The van der Waals surface area contributed by atoms with Crippen LogP contribution in [0.25, 0.3) is 0 Å². The van der Waals surface area contributed by atoms with E-state index in [1.54, 1.807) is 0 Å². The highest BCUT2D eigenvalue weighted by Gasteiger charge is 2.12. The van der Waals surface area contributed by atoms with Crippen LogP contribution < -0.4 is 5.32 Å². The third kappa shape index (κ3) is 3.67. The number of anilines is 1. The van der Waals surface area contributed by atoms with Crippen molar-refractivity contribution in [3.8, 4) is 0 Å². The van der Waals surface area contributed by atoms with Gasteiger partial charge in [0.25, 0.3) is 0 Å². The lowest BCUT2D eigenvalue weighted by molar-refractivity contribution is -0.113. The van der Waals surface area contributed by atoms with Crippen LogP contribution in [-0.4, -0.2) is 11.2 Å². The van der Waals surface area contributed by atoms with E-state index in [9.17, 15) is 4.79 Å². The van der Waals surface area contributed by atoms with Gasteiger partial charge in [-0.15, -0.1) is 0 Å². The molecule has 0 radical (unpaired) electrons. The van der Waals surface area contributed by atoms with Crippen LogP contribution in [0.4, 0.5) is 5.69 Å². The first-order chi connectivity index (χ1) is 6.93. The number of alkyl halides is 1. The normalized spacial score (nSPS) is 11.2. The fourth-order valence-electron chi connectivity index (χ4n) is 1.25. The topological polar surface area (TPSA) is 29.1 Å². The van der Waals surface area contributed by atoms with E-state index in [0.717, 1.165) is 5.69 Å². The average Bonchev–Trinajstić information content (AvgIpc) is 2.17. The van der Waals surface area contributed by atoms with Crippen LogP contribution in [-0.2, 0) is 10.2 Å². The summed E-state index contributed by atoms with van der Waals surface area (Å²) in [5, 5.41) is 3.11. The van der Waals surface area contributed by atoms with Gasteiger partial charge in [-0.05, 0) is 23.1 Å². The minimum atomic E-state index is -0.0292. The van der Waals surface area contributed by atoms with Crippen LogP contribution in [0.1, 0.15) is 26.3 Å². The molecular weight excluding hydrogens is 254 g/mol. The zero-order valence-electron chi connectivity index (χ0n) is 9.30. The fourth-order valence-corrected chi connectivity index (χ4v) is 1.39. The first kappa shape index (κ1) is 12.2. The highest BCUT2D eigenvalue weighted by molar-refractivity contribution is 9.09. The third-order valence-electron chi connectivity index (χ3n) is 2.16. The minimum absolute atomic E-state index is 0.0292. The Balaban J connectivity index is 2.77. The van der Waals surface area contributed by atoms with Crippen LogP contribution >= 0.6 is 15.9 Å². The van der Waals surface area contributed by atoms with Crippen molar-refractivity contribution in [2.45, 2.75) is 26.2 Å². The number of hydrogen-bond donors (Lipinski definition) is 1. The second-order valence-electron chi connectivity index (χ2n) is 4.51. The number of carbonyl (C=O) groups is 1. The average molecular weight is 270 g/mol. The van der Waals surface area contributed by atoms with Crippen molar-refractivity contribution in [3.63, 3.8) is 0 Å². The molecule has 0 spiro atoms. The predicted octanol–water partition coefficient (Wildman–Crippen LogP) is 3.32. The maximum absolute atomic E-state index is 11.1. The lowest BCUT2D eigenvalue weighted by Gasteiger charge is -2.19. The Morgan fingerprint density at radius 2 is 1.80 bits per heavy atom. The Morgan fingerprint density at radius 3 is 2.20 bits per heavy atom. The molecule has 0 aromatic heterocycles. The molecule has 0 saturated carbocycles. The molecule has 0 heterocycles. The maximum Gasteiger partial charge on any atom is 0.235 e. The van der Waals surface area contributed by atoms with Crippen molar-refractivity contribution in [2.24, 2.45) is 0 Å². The monoisotopic (exact) mass is 269 g/mol. The summed E-state index contributed by atoms with van der Waals surface area (Å²) in [6, 6.07) is 7.95. The van der Waals surface area contributed by atoms with Crippen molar-refractivity contribution in [1.29, 1.82) is 0 Å². The van der Waals surface area contributed by atoms with E-state index in [2.05, 4.69) is 42.0 Å². The van der Waals surface area contributed by atoms with Gasteiger partial charge in [-0.1, -0.05) is 48.8 Å². The summed E-state index contributed by atoms with van der Waals surface area (Å²) in [4.78, 5) is 11.1. The van der Waals surface area contributed by atoms with E-state index < -0.39 is 0 Å². The first-order valence-electron chi connectivity index (χ1n) is 4.90. The molecule has 0 aliphatic carbocycles. The Morgan fingerprint density at radius 1 is 1.27 bits per heavy atom. The Kier molecular flexibility index (Phi) is 3.91. The number of amides is 1. The van der Waals surface area contributed by atoms with Crippen LogP contribution in [0.15, 0.2) is 24.3 Å². The molecule has 1 rings (SSSR count). The van der Waals surface area contributed by atoms with Crippen molar-refractivity contribution < 1.29 is 4.79 Å². The molecule has 0 aliphatic rings. The molecule has 15 heavy (non-hydrogen) atoms. The molecule has 1 aromatic carbocycles. The van der Waals surface area contributed by atoms with Crippen molar-refractivity contribution in [3.05, 3.63) is 29.8 Å². The number of hydrogen-bond acceptors (Lipinski definition) is 1. The zero-order chi connectivity index (χ0) is 11.5. The van der Waals surface area contributed by atoms with Gasteiger partial charge in [0.1, 0.15) is 0 Å². The van der Waals surface area contributed by atoms with Gasteiger partial charge in [0.05, 0.1) is 5.33 Å². The molecule has 1 aromatic rings. The van der Waals surface area contributed by atoms with Crippen molar-refractivity contribution >= 4 is 27.5 Å². The van der Waals surface area contributed by atoms with E-state index >= 15 is 0 Å². The van der Waals surface area contributed by atoms with Crippen LogP contribution in [0, 0.1) is 0 Å². The number of rotatable bonds is 2. The molecule has 0 atom stereocenters. The van der Waals surface area contributed by atoms with Gasteiger partial charge >= 0.3 is 0 Å². The fraction of sp³-hybridized carbons (Fsp3) is 0.417. The summed E-state index contributed by atoms with van der Waals surface area (Å²) in [6.45, 7) is 6.50. The number of carbonyl (C=O) groups excluding carboxylic acids is 1. The summed E-state index contributed by atoms with van der Waals surface area (Å²) in [5.41, 5.74) is 2.25. The predicted molar refractivity (Wildman–Crippen MR) is 67.6 cm³/mol. The molecule has 0 saturated heterocycles. The van der Waals surface area contributed by atoms with Crippen LogP contribution in [0.2, 0.25) is 0 Å². The standard InChI is InChI=1S/C12H16BrNO/c1-12(2,3)9-4-6-10(7-5-9)14-11(15)8-13/h4-7H,8H2,1-3H3,(H,14,15). The smallest absolute Gasteiger partial charge is 0.235 e. The van der Waals surface area contributed by atoms with Crippen LogP contribution in [0.5, 0.6) is 0 Å². The summed E-state index contributed by atoms with van der Waals surface area (Å²) in [5.74, 6) is -0.0292. The van der Waals surface area contributed by atoms with E-state index in [-0.39, 0.29) is 11.3 Å². The van der Waals surface area contributed by atoms with Crippen molar-refractivity contribution in [2.75, 3.05) is 10.6 Å². The molecule has 2 nitrogen and oxygen atoms in total. The Labute approximate surface area is 99.2 Å². The molecule has 3 heteroatoms. The molecular formula is C12H16BrNO. The number of halogens is 1. The summed E-state index contributed by atoms with van der Waals surface area (Å²) in [6.07, 6.45) is 0. The third-order valence-corrected chi connectivity index (χ3v) is 2.67. The van der Waals surface area contributed by atoms with Gasteiger partial charge in [0, 0.05) is 5.69 Å². The minimum Gasteiger partial charge on any atom is -0.325 e. The lowest BCUT2D eigenvalue weighted by atomic mass is 9.87. The van der Waals surface area contributed by atoms with Crippen molar-refractivity contribution in [1.82, 2.24) is 0 Å². The molecule has 0 unspecified atom stereocenters. The first-order valence-corrected chi connectivity index (χ1v) is 6.02. The Hall–Kier alpha value is -0.830. The number of benzene rings is 1. The lowest BCUT2D eigenvalue weighted by Crippen LogP contribution is -2.13. The largest absolute Gasteiger partial charge is 0.325 e. The van der Waals surface area contributed by atoms with E-state index in [0.29, 0.717) is 5.33 Å². The second-order valence-corrected chi connectivity index (χ2v) is 5.07. The summed E-state index contributed by atoms with van der Waals surface area (Å²) in [7, 11) is 0. The SMILES string of the molecule is CC(C)(C)c1ccc(NC(=O)CBr)cc1. The quantitative estimate of drug-likeness (QED) is 0.821.